The first kappa shape index (κ1) is 14.5. The van der Waals surface area contributed by atoms with E-state index >= 15 is 0 Å². The maximum Gasteiger partial charge on any atom is 0.270 e. The molecule has 0 unspecified atom stereocenters. The number of carbonyl (C=O) groups excluding carboxylic acids is 1. The van der Waals surface area contributed by atoms with Gasteiger partial charge in [-0.25, -0.2) is 4.39 Å². The molecule has 1 aromatic heterocycles. The van der Waals surface area contributed by atoms with E-state index in [0.717, 1.165) is 30.4 Å². The number of halogens is 2. The monoisotopic (exact) mass is 353 g/mol. The summed E-state index contributed by atoms with van der Waals surface area (Å²) < 4.78 is 15.1. The number of benzene rings is 1. The number of carbonyl (C=O) groups is 1. The van der Waals surface area contributed by atoms with Crippen LogP contribution < -0.4 is 10.6 Å². The van der Waals surface area contributed by atoms with Gasteiger partial charge in [0.2, 0.25) is 0 Å². The van der Waals surface area contributed by atoms with Crippen LogP contribution in [0.2, 0.25) is 0 Å². The topological polar surface area (TPSA) is 56.9 Å². The standard InChI is InChI=1S/C15H17BrFN3O/c16-10-1-2-12-11(7-10)13(17)14(20-12)15(21)19-8-9-3-5-18-6-4-9/h1-2,7,9,18,20H,3-6,8H2,(H,19,21). The van der Waals surface area contributed by atoms with Gasteiger partial charge in [-0.2, -0.15) is 0 Å². The third kappa shape index (κ3) is 3.11. The van der Waals surface area contributed by atoms with Crippen molar-refractivity contribution in [3.05, 3.63) is 34.2 Å². The van der Waals surface area contributed by atoms with E-state index in [9.17, 15) is 9.18 Å². The maximum atomic E-state index is 14.3. The summed E-state index contributed by atoms with van der Waals surface area (Å²) in [5.74, 6) is -0.399. The van der Waals surface area contributed by atoms with Crippen molar-refractivity contribution in [2.45, 2.75) is 12.8 Å². The molecule has 1 saturated heterocycles. The van der Waals surface area contributed by atoms with Gasteiger partial charge < -0.3 is 15.6 Å². The van der Waals surface area contributed by atoms with Crippen LogP contribution in [0.4, 0.5) is 4.39 Å². The molecule has 2 heterocycles. The fraction of sp³-hybridized carbons (Fsp3) is 0.400. The first-order valence-electron chi connectivity index (χ1n) is 7.11. The van der Waals surface area contributed by atoms with Crippen LogP contribution in [0, 0.1) is 11.7 Å². The molecule has 1 fully saturated rings. The van der Waals surface area contributed by atoms with E-state index in [1.54, 1.807) is 12.1 Å². The number of hydrogen-bond acceptors (Lipinski definition) is 2. The number of fused-ring (bicyclic) bond motifs is 1. The molecule has 1 aliphatic heterocycles. The predicted molar refractivity (Wildman–Crippen MR) is 83.9 cm³/mol. The zero-order valence-corrected chi connectivity index (χ0v) is 13.1. The van der Waals surface area contributed by atoms with Gasteiger partial charge in [-0.3, -0.25) is 4.79 Å². The average molecular weight is 354 g/mol. The normalized spacial score (nSPS) is 16.3. The number of piperidine rings is 1. The Morgan fingerprint density at radius 2 is 2.14 bits per heavy atom. The first-order valence-corrected chi connectivity index (χ1v) is 7.90. The number of nitrogens with one attached hydrogen (secondary N) is 3. The van der Waals surface area contributed by atoms with E-state index in [1.807, 2.05) is 6.07 Å². The number of H-pyrrole nitrogens is 1. The SMILES string of the molecule is O=C(NCC1CCNCC1)c1[nH]c2ccc(Br)cc2c1F. The maximum absolute atomic E-state index is 14.3. The molecular weight excluding hydrogens is 337 g/mol. The molecule has 3 rings (SSSR count). The molecule has 1 aliphatic rings. The van der Waals surface area contributed by atoms with Crippen LogP contribution in [0.1, 0.15) is 23.3 Å². The minimum absolute atomic E-state index is 0.0111. The molecule has 0 saturated carbocycles. The summed E-state index contributed by atoms with van der Waals surface area (Å²) in [6.45, 7) is 2.56. The van der Waals surface area contributed by atoms with Gasteiger partial charge in [0.05, 0.1) is 0 Å². The molecule has 0 radical (unpaired) electrons. The van der Waals surface area contributed by atoms with Gasteiger partial charge in [0.25, 0.3) is 5.91 Å². The molecule has 2 aromatic rings. The summed E-state index contributed by atoms with van der Waals surface area (Å²) in [5, 5.41) is 6.55. The minimum Gasteiger partial charge on any atom is -0.350 e. The molecule has 6 heteroatoms. The summed E-state index contributed by atoms with van der Waals surface area (Å²) in [6.07, 6.45) is 2.09. The van der Waals surface area contributed by atoms with Crippen LogP contribution in [0.15, 0.2) is 22.7 Å². The number of rotatable bonds is 3. The Kier molecular flexibility index (Phi) is 4.26. The van der Waals surface area contributed by atoms with E-state index in [0.29, 0.717) is 23.4 Å². The van der Waals surface area contributed by atoms with Crippen LogP contribution in [0.3, 0.4) is 0 Å². The third-order valence-corrected chi connectivity index (χ3v) is 4.43. The number of hydrogen-bond donors (Lipinski definition) is 3. The quantitative estimate of drug-likeness (QED) is 0.794. The van der Waals surface area contributed by atoms with Crippen LogP contribution in [-0.4, -0.2) is 30.5 Å². The van der Waals surface area contributed by atoms with Crippen molar-refractivity contribution >= 4 is 32.7 Å². The van der Waals surface area contributed by atoms with Crippen molar-refractivity contribution in [3.63, 3.8) is 0 Å². The summed E-state index contributed by atoms with van der Waals surface area (Å²) in [7, 11) is 0. The minimum atomic E-state index is -0.492. The zero-order chi connectivity index (χ0) is 14.8. The lowest BCUT2D eigenvalue weighted by atomic mass is 9.98. The van der Waals surface area contributed by atoms with Gasteiger partial charge in [0.15, 0.2) is 5.82 Å². The van der Waals surface area contributed by atoms with E-state index in [-0.39, 0.29) is 11.6 Å². The summed E-state index contributed by atoms with van der Waals surface area (Å²) in [4.78, 5) is 15.0. The highest BCUT2D eigenvalue weighted by Gasteiger charge is 2.20. The van der Waals surface area contributed by atoms with Crippen molar-refractivity contribution in [1.82, 2.24) is 15.6 Å². The second-order valence-corrected chi connectivity index (χ2v) is 6.32. The van der Waals surface area contributed by atoms with E-state index in [2.05, 4.69) is 31.5 Å². The zero-order valence-electron chi connectivity index (χ0n) is 11.5. The second-order valence-electron chi connectivity index (χ2n) is 5.41. The molecule has 3 N–H and O–H groups in total. The highest BCUT2D eigenvalue weighted by Crippen LogP contribution is 2.24. The molecule has 21 heavy (non-hydrogen) atoms. The average Bonchev–Trinajstić information content (AvgIpc) is 2.83. The number of aromatic nitrogens is 1. The van der Waals surface area contributed by atoms with Gasteiger partial charge in [-0.1, -0.05) is 15.9 Å². The largest absolute Gasteiger partial charge is 0.350 e. The van der Waals surface area contributed by atoms with Crippen LogP contribution in [0.25, 0.3) is 10.9 Å². The number of aromatic amines is 1. The highest BCUT2D eigenvalue weighted by molar-refractivity contribution is 9.10. The highest BCUT2D eigenvalue weighted by atomic mass is 79.9. The van der Waals surface area contributed by atoms with Crippen LogP contribution >= 0.6 is 15.9 Å². The van der Waals surface area contributed by atoms with E-state index < -0.39 is 5.82 Å². The smallest absolute Gasteiger partial charge is 0.270 e. The van der Waals surface area contributed by atoms with Crippen molar-refractivity contribution in [2.75, 3.05) is 19.6 Å². The van der Waals surface area contributed by atoms with Crippen molar-refractivity contribution < 1.29 is 9.18 Å². The molecule has 4 nitrogen and oxygen atoms in total. The lowest BCUT2D eigenvalue weighted by Crippen LogP contribution is -2.36. The molecule has 0 aliphatic carbocycles. The molecular formula is C15H17BrFN3O. The van der Waals surface area contributed by atoms with Gasteiger partial charge in [0, 0.05) is 21.9 Å². The van der Waals surface area contributed by atoms with Crippen molar-refractivity contribution in [2.24, 2.45) is 5.92 Å². The Morgan fingerprint density at radius 1 is 1.38 bits per heavy atom. The Hall–Kier alpha value is -1.40. The molecule has 0 bridgehead atoms. The van der Waals surface area contributed by atoms with Crippen molar-refractivity contribution in [1.29, 1.82) is 0 Å². The Labute approximate surface area is 130 Å². The molecule has 1 aromatic carbocycles. The van der Waals surface area contributed by atoms with Crippen LogP contribution in [0.5, 0.6) is 0 Å². The van der Waals surface area contributed by atoms with E-state index in [4.69, 9.17) is 0 Å². The molecule has 0 spiro atoms. The number of amides is 1. The molecule has 1 amide bonds. The van der Waals surface area contributed by atoms with Gasteiger partial charge in [-0.15, -0.1) is 0 Å². The lowest BCUT2D eigenvalue weighted by Gasteiger charge is -2.22. The Morgan fingerprint density at radius 3 is 2.90 bits per heavy atom. The van der Waals surface area contributed by atoms with E-state index in [1.165, 1.54) is 0 Å². The summed E-state index contributed by atoms with van der Waals surface area (Å²) >= 11 is 3.31. The van der Waals surface area contributed by atoms with Gasteiger partial charge in [0.1, 0.15) is 5.69 Å². The fourth-order valence-corrected chi connectivity index (χ4v) is 3.06. The Bertz CT molecular complexity index is 664. The van der Waals surface area contributed by atoms with Crippen LogP contribution in [-0.2, 0) is 0 Å². The second kappa shape index (κ2) is 6.15. The molecule has 112 valence electrons. The third-order valence-electron chi connectivity index (χ3n) is 3.93. The fourth-order valence-electron chi connectivity index (χ4n) is 2.70. The predicted octanol–water partition coefficient (Wildman–Crippen LogP) is 2.80. The first-order chi connectivity index (χ1) is 10.1. The summed E-state index contributed by atoms with van der Waals surface area (Å²) in [5.41, 5.74) is 0.639. The van der Waals surface area contributed by atoms with Gasteiger partial charge >= 0.3 is 0 Å². The van der Waals surface area contributed by atoms with Crippen molar-refractivity contribution in [3.8, 4) is 0 Å². The van der Waals surface area contributed by atoms with Gasteiger partial charge in [-0.05, 0) is 50.0 Å². The summed E-state index contributed by atoms with van der Waals surface area (Å²) in [6, 6.07) is 5.24. The Balaban J connectivity index is 1.73. The molecule has 0 atom stereocenters. The lowest BCUT2D eigenvalue weighted by molar-refractivity contribution is 0.0936.